The Balaban J connectivity index is 1.05. The number of alkyl carbamates (subject to hydrolysis) is 1. The number of nitrogens with one attached hydrogen (secondary N) is 1. The average Bonchev–Trinajstić information content (AvgIpc) is 3.57. The van der Waals surface area contributed by atoms with Crippen LogP contribution >= 0.6 is 0 Å². The summed E-state index contributed by atoms with van der Waals surface area (Å²) in [5, 5.41) is 2.81. The van der Waals surface area contributed by atoms with Crippen LogP contribution < -0.4 is 5.32 Å². The Bertz CT molecular complexity index is 1120. The summed E-state index contributed by atoms with van der Waals surface area (Å²) in [6.45, 7) is 16.7. The zero-order valence-corrected chi connectivity index (χ0v) is 28.2. The van der Waals surface area contributed by atoms with Gasteiger partial charge in [-0.1, -0.05) is 34.6 Å². The topological polar surface area (TPSA) is 86.3 Å². The fourth-order valence-electron chi connectivity index (χ4n) is 12.6. The highest BCUT2D eigenvalue weighted by Crippen LogP contribution is 2.87. The summed E-state index contributed by atoms with van der Waals surface area (Å²) in [5.74, 6) is 2.94. The van der Waals surface area contributed by atoms with Crippen molar-refractivity contribution in [2.24, 2.45) is 51.2 Å². The molecule has 248 valence electrons. The Kier molecular flexibility index (Phi) is 7.79. The van der Waals surface area contributed by atoms with Crippen LogP contribution in [0, 0.1) is 51.2 Å². The van der Waals surface area contributed by atoms with Gasteiger partial charge in [0, 0.05) is 25.0 Å². The Morgan fingerprint density at radius 2 is 1.68 bits per heavy atom. The van der Waals surface area contributed by atoms with E-state index < -0.39 is 0 Å². The normalized spacial score (nSPS) is 46.0. The largest absolute Gasteiger partial charge is 0.446 e. The number of carbonyl (C=O) groups is 2. The molecule has 0 aromatic heterocycles. The molecule has 0 aromatic carbocycles. The van der Waals surface area contributed by atoms with E-state index in [2.05, 4.69) is 39.9 Å². The molecule has 7 fully saturated rings. The van der Waals surface area contributed by atoms with Gasteiger partial charge in [-0.05, 0) is 117 Å². The maximum Gasteiger partial charge on any atom is 0.410 e. The van der Waals surface area contributed by atoms with Crippen LogP contribution in [-0.4, -0.2) is 74.4 Å². The zero-order valence-electron chi connectivity index (χ0n) is 28.2. The minimum absolute atomic E-state index is 0.00765. The molecule has 2 saturated heterocycles. The van der Waals surface area contributed by atoms with Crippen molar-refractivity contribution in [3.63, 3.8) is 0 Å². The minimum Gasteiger partial charge on any atom is -0.446 e. The lowest BCUT2D eigenvalue weighted by Crippen LogP contribution is -2.55. The van der Waals surface area contributed by atoms with Gasteiger partial charge in [-0.3, -0.25) is 0 Å². The maximum absolute atomic E-state index is 13.1. The van der Waals surface area contributed by atoms with Crippen molar-refractivity contribution in [3.8, 4) is 0 Å². The third kappa shape index (κ3) is 4.57. The first-order chi connectivity index (χ1) is 21.0. The Labute approximate surface area is 265 Å². The summed E-state index contributed by atoms with van der Waals surface area (Å²) in [6.07, 6.45) is 11.7. The molecule has 1 N–H and O–H groups in total. The van der Waals surface area contributed by atoms with Crippen LogP contribution in [0.2, 0.25) is 0 Å². The molecule has 0 radical (unpaired) electrons. The number of carbonyl (C=O) groups excluding carboxylic acids is 2. The van der Waals surface area contributed by atoms with E-state index in [0.29, 0.717) is 66.8 Å². The molecule has 2 aliphatic heterocycles. The highest BCUT2D eigenvalue weighted by molar-refractivity contribution is 5.68. The van der Waals surface area contributed by atoms with Crippen LogP contribution in [0.5, 0.6) is 0 Å². The summed E-state index contributed by atoms with van der Waals surface area (Å²) < 4.78 is 24.7. The molecule has 5 saturated carbocycles. The number of fused-ring (bicyclic) bond motifs is 4. The van der Waals surface area contributed by atoms with Gasteiger partial charge in [0.25, 0.3) is 0 Å². The predicted molar refractivity (Wildman–Crippen MR) is 167 cm³/mol. The van der Waals surface area contributed by atoms with Crippen LogP contribution in [0.1, 0.15) is 106 Å². The zero-order chi connectivity index (χ0) is 31.1. The molecular formula is C36H58N2O6. The number of morpholine rings is 1. The van der Waals surface area contributed by atoms with Crippen LogP contribution in [0.25, 0.3) is 0 Å². The molecular weight excluding hydrogens is 556 g/mol. The van der Waals surface area contributed by atoms with Gasteiger partial charge in [0.05, 0.1) is 25.4 Å². The second-order valence-electron chi connectivity index (χ2n) is 16.9. The first kappa shape index (κ1) is 31.1. The lowest BCUT2D eigenvalue weighted by atomic mass is 9.46. The Hall–Kier alpha value is -1.54. The van der Waals surface area contributed by atoms with E-state index in [4.69, 9.17) is 18.9 Å². The summed E-state index contributed by atoms with van der Waals surface area (Å²) >= 11 is 0. The molecule has 8 heteroatoms. The maximum atomic E-state index is 13.1. The van der Waals surface area contributed by atoms with E-state index in [9.17, 15) is 9.59 Å². The van der Waals surface area contributed by atoms with Crippen LogP contribution in [-0.2, 0) is 18.9 Å². The third-order valence-electron chi connectivity index (χ3n) is 14.7. The predicted octanol–water partition coefficient (Wildman–Crippen LogP) is 6.80. The molecule has 4 unspecified atom stereocenters. The second kappa shape index (κ2) is 11.0. The SMILES string of the molecule is CCNC(=O)O[C@H](C(C)C)C1CC[C@H]2C(CC3C4CC[C@H]5C(C)(C)[C@@H](OC(=O)N6CCOCC6)CC[C@@]56C[C@@]46CC[C@@]32C)O1. The van der Waals surface area contributed by atoms with Crippen molar-refractivity contribution >= 4 is 12.2 Å². The molecule has 44 heavy (non-hydrogen) atoms. The quantitative estimate of drug-likeness (QED) is 0.367. The van der Waals surface area contributed by atoms with Gasteiger partial charge in [-0.15, -0.1) is 0 Å². The summed E-state index contributed by atoms with van der Waals surface area (Å²) in [4.78, 5) is 27.3. The van der Waals surface area contributed by atoms with Crippen molar-refractivity contribution in [1.29, 1.82) is 0 Å². The van der Waals surface area contributed by atoms with Crippen LogP contribution in [0.4, 0.5) is 9.59 Å². The lowest BCUT2D eigenvalue weighted by Gasteiger charge is -2.59. The van der Waals surface area contributed by atoms with Gasteiger partial charge in [0.2, 0.25) is 0 Å². The number of amides is 2. The summed E-state index contributed by atoms with van der Waals surface area (Å²) in [7, 11) is 0. The molecule has 2 amide bonds. The van der Waals surface area contributed by atoms with Gasteiger partial charge >= 0.3 is 12.2 Å². The number of hydrogen-bond donors (Lipinski definition) is 1. The minimum atomic E-state index is -0.324. The fourth-order valence-corrected chi connectivity index (χ4v) is 12.6. The number of hydrogen-bond acceptors (Lipinski definition) is 6. The van der Waals surface area contributed by atoms with Gasteiger partial charge < -0.3 is 29.2 Å². The Morgan fingerprint density at radius 1 is 0.932 bits per heavy atom. The Morgan fingerprint density at radius 3 is 2.41 bits per heavy atom. The molecule has 7 rings (SSSR count). The van der Waals surface area contributed by atoms with E-state index in [0.717, 1.165) is 18.8 Å². The van der Waals surface area contributed by atoms with Gasteiger partial charge in [0.1, 0.15) is 12.2 Å². The monoisotopic (exact) mass is 614 g/mol. The van der Waals surface area contributed by atoms with Crippen LogP contribution in [0.15, 0.2) is 0 Å². The second-order valence-corrected chi connectivity index (χ2v) is 16.9. The van der Waals surface area contributed by atoms with Crippen molar-refractivity contribution in [1.82, 2.24) is 10.2 Å². The summed E-state index contributed by atoms with van der Waals surface area (Å²) in [5.41, 5.74) is 1.22. The van der Waals surface area contributed by atoms with Crippen molar-refractivity contribution in [3.05, 3.63) is 0 Å². The van der Waals surface area contributed by atoms with Crippen molar-refractivity contribution in [2.75, 3.05) is 32.8 Å². The first-order valence-electron chi connectivity index (χ1n) is 18.1. The lowest BCUT2D eigenvalue weighted by molar-refractivity contribution is -0.149. The summed E-state index contributed by atoms with van der Waals surface area (Å²) in [6, 6.07) is 0. The van der Waals surface area contributed by atoms with E-state index >= 15 is 0 Å². The van der Waals surface area contributed by atoms with Crippen LogP contribution in [0.3, 0.4) is 0 Å². The van der Waals surface area contributed by atoms with Gasteiger partial charge in [0.15, 0.2) is 0 Å². The third-order valence-corrected chi connectivity index (χ3v) is 14.7. The standard InChI is InChI=1S/C36H58N2O6/c1-7-37-31(39)44-30(22(2)3)26-10-8-24-27(42-26)20-25-23-9-11-28-33(4,5)29(43-32(40)38-16-18-41-19-17-38)12-13-36(28)21-35(23,36)15-14-34(24,25)6/h22-30H,7-21H2,1-6H3,(H,37,39)/t23?,24-,25?,26?,27?,28-,29-,30+,34+,35-,36+/m0/s1. The van der Waals surface area contributed by atoms with E-state index in [1.54, 1.807) is 0 Å². The average molecular weight is 615 g/mol. The first-order valence-corrected chi connectivity index (χ1v) is 18.1. The number of rotatable bonds is 5. The molecule has 8 nitrogen and oxygen atoms in total. The van der Waals surface area contributed by atoms with E-state index in [-0.39, 0.29) is 47.9 Å². The molecule has 5 aliphatic carbocycles. The molecule has 0 aromatic rings. The molecule has 7 aliphatic rings. The van der Waals surface area contributed by atoms with Gasteiger partial charge in [-0.25, -0.2) is 9.59 Å². The molecule has 11 atom stereocenters. The molecule has 0 bridgehead atoms. The molecule has 2 heterocycles. The molecule has 2 spiro atoms. The number of nitrogens with zero attached hydrogens (tertiary/aromatic N) is 1. The highest BCUT2D eigenvalue weighted by atomic mass is 16.6. The van der Waals surface area contributed by atoms with E-state index in [1.165, 1.54) is 51.4 Å². The van der Waals surface area contributed by atoms with Gasteiger partial charge in [-0.2, -0.15) is 0 Å². The fraction of sp³-hybridized carbons (Fsp3) is 0.944. The highest BCUT2D eigenvalue weighted by Gasteiger charge is 2.81. The smallest absolute Gasteiger partial charge is 0.410 e. The van der Waals surface area contributed by atoms with Crippen molar-refractivity contribution < 1.29 is 28.5 Å². The van der Waals surface area contributed by atoms with E-state index in [1.807, 2.05) is 11.8 Å². The van der Waals surface area contributed by atoms with Crippen molar-refractivity contribution in [2.45, 2.75) is 130 Å². The number of ether oxygens (including phenoxy) is 4.